The Bertz CT molecular complexity index is 5180. The van der Waals surface area contributed by atoms with E-state index in [2.05, 4.69) is 30.9 Å². The average Bonchev–Trinajstić information content (AvgIpc) is 1.54. The molecule has 3 saturated carbocycles. The maximum absolute atomic E-state index is 16.0. The van der Waals surface area contributed by atoms with Crippen molar-refractivity contribution in [1.82, 2.24) is 45.6 Å². The van der Waals surface area contributed by atoms with Crippen LogP contribution >= 0.6 is 0 Å². The second kappa shape index (κ2) is 42.3. The maximum atomic E-state index is 16.0. The van der Waals surface area contributed by atoms with Crippen LogP contribution in [0.2, 0.25) is 0 Å². The van der Waals surface area contributed by atoms with Gasteiger partial charge in [-0.2, -0.15) is 26.3 Å². The van der Waals surface area contributed by atoms with Gasteiger partial charge in [0, 0.05) is 97.0 Å². The number of alkyl carbamates (subject to hydrolysis) is 3. The number of carbonyl (C=O) groups excluding carboxylic acids is 9. The summed E-state index contributed by atoms with van der Waals surface area (Å²) in [5.74, 6) is -11.6. The second-order valence-corrected chi connectivity index (χ2v) is 39.7. The normalized spacial score (nSPS) is 29.8. The number of hydrogen-bond donors (Lipinski definition) is 3. The molecule has 3 aromatic heterocycles. The van der Waals surface area contributed by atoms with E-state index in [-0.39, 0.29) is 142 Å². The fourth-order valence-corrected chi connectivity index (χ4v) is 18.9. The summed E-state index contributed by atoms with van der Waals surface area (Å²) in [7, 11) is 4.54. The smallest absolute Gasteiger partial charge is 0.408 e. The summed E-state index contributed by atoms with van der Waals surface area (Å²) in [6, 6.07) is 13.5. The van der Waals surface area contributed by atoms with Gasteiger partial charge in [-0.15, -0.1) is 0 Å². The number of fused-ring (bicyclic) bond motifs is 15. The van der Waals surface area contributed by atoms with Crippen molar-refractivity contribution in [1.29, 1.82) is 0 Å². The Kier molecular flexibility index (Phi) is 33.7. The number of hydrogen-bond acceptors (Lipinski definition) is 21. The molecule has 3 saturated heterocycles. The standard InChI is InChI=1S/C33H42F2N3O6.C32H40F2N3O6.C31H38F2N3O6.3V/c1-19-24(18-39)38-17-27(19)43-26-16-21-15-22(42-5)12-13-23(21)36-28(26)33(34,35)14-7-6-9-20-10-8-11-25(20)44-31(41)37-29(30(38)40)32(2,3)4;1-18-23(17-38)37-16-25(18)42-24-14-19-13-21(41-6)10-11-22(19)35-26(24)32(33,34)12-8-7-9-20-15-31(20,5)43-29(40)36-27(28(37)39)30(2,3)4;1-17-22(16-37)36-15-25(17)41-24-14-19-12-20(40-5)9-10-21(19)34-26(24)31(32,33)11-7-6-8-18-13-23(18)42-29(39)35-27(28(36)38)30(2,3)4;;;/h12-13,15-16,19-20,24-25,27,29H,6-11,14,17H2,1-5H3,(H,37,41);10-11,13-14,18,20,23,25,27H,7-9,12,15-16H2,1-6H3,(H,36,40);9-10,12,14,17-18,22-23,25,27H,6-8,11,13,15H2,1-5H3,(H,35,39);;;/q3*-1;;;/t19-,20+,24+,25+,27-,29+;18-,20+,23+,25-,27+,31+;17-,18+,22+,23+,25-,27+;;;/m000.../s1. The number of carbonyl (C=O) groups is 6. The summed E-state index contributed by atoms with van der Waals surface area (Å²) in [6.07, 6.45) is 7.24. The molecule has 9 heterocycles. The molecule has 3 N–H and O–H groups in total. The van der Waals surface area contributed by atoms with E-state index in [1.54, 1.807) is 117 Å². The predicted octanol–water partition coefficient (Wildman–Crippen LogP) is 16.6. The van der Waals surface area contributed by atoms with Crippen molar-refractivity contribution in [2.24, 2.45) is 51.8 Å². The number of nitrogens with one attached hydrogen (secondary N) is 3. The van der Waals surface area contributed by atoms with E-state index in [1.165, 1.54) is 54.2 Å². The Labute approximate surface area is 802 Å². The van der Waals surface area contributed by atoms with Crippen molar-refractivity contribution in [2.45, 2.75) is 289 Å². The molecular formula is C96H120F6N9O18V3-3. The van der Waals surface area contributed by atoms with Crippen LogP contribution in [0, 0.1) is 51.8 Å². The van der Waals surface area contributed by atoms with Crippen LogP contribution in [0.15, 0.2) is 72.8 Å². The molecule has 3 radical (unpaired) electrons. The van der Waals surface area contributed by atoms with Crippen molar-refractivity contribution in [3.63, 3.8) is 0 Å². The van der Waals surface area contributed by atoms with E-state index in [4.69, 9.17) is 42.6 Å². The maximum Gasteiger partial charge on any atom is 0.408 e. The Morgan fingerprint density at radius 3 is 1.06 bits per heavy atom. The first kappa shape index (κ1) is 105. The zero-order valence-corrected chi connectivity index (χ0v) is 81.7. The number of methoxy groups -OCH3 is 3. The summed E-state index contributed by atoms with van der Waals surface area (Å²) >= 11 is 0. The SMILES string of the molecule is COc1ccc2nc3c(cc2c1)O[C@H]1CN(C(=O)[C@H](C(C)(C)C)NC(=O)O[C@@H]2CCC[C@H]2CCCCC3(F)F)[C@H]([C-]=O)[C@@H]1C.COc1ccc2nc3c(cc2c1)O[C@H]1CN(C(=O)[C@H](C(C)(C)C)NC(=O)O[C@@H]2C[C@H]2CCCCC3(F)F)[C@H]([C-]=O)[C@@H]1C.COc1ccc2nc3c(cc2c1)O[C@H]1CN(C(=O)[C@H](C(C)(C)C)NC(=O)O[C@]2(C)C[C@H]2CCCCC3(F)F)[C@H]([C-]=O)[C@@H]1C.[V].[V].[V]. The molecule has 6 aliphatic heterocycles. The average molecular weight is 1950 g/mol. The molecular weight excluding hydrogens is 1830 g/mol. The van der Waals surface area contributed by atoms with Crippen LogP contribution in [-0.4, -0.2) is 198 Å². The van der Waals surface area contributed by atoms with E-state index < -0.39 is 184 Å². The van der Waals surface area contributed by atoms with Gasteiger partial charge in [0.05, 0.1) is 57.5 Å². The molecule has 6 amide bonds. The largest absolute Gasteiger partial charge is 0.540 e. The van der Waals surface area contributed by atoms with Crippen LogP contribution in [0.25, 0.3) is 32.7 Å². The number of alkyl halides is 6. The van der Waals surface area contributed by atoms with Gasteiger partial charge in [0.15, 0.2) is 17.1 Å². The van der Waals surface area contributed by atoms with Crippen LogP contribution in [0.1, 0.15) is 216 Å². The van der Waals surface area contributed by atoms with Gasteiger partial charge in [-0.25, -0.2) is 48.2 Å². The molecule has 36 heteroatoms. The summed E-state index contributed by atoms with van der Waals surface area (Å²) in [5, 5.41) is 9.91. The molecule has 717 valence electrons. The van der Waals surface area contributed by atoms with Crippen LogP contribution in [0.3, 0.4) is 0 Å². The minimum Gasteiger partial charge on any atom is -0.540 e. The number of pyridine rings is 3. The van der Waals surface area contributed by atoms with Gasteiger partial charge in [0.25, 0.3) is 17.8 Å². The molecule has 0 spiro atoms. The fraction of sp³-hybridized carbons (Fsp3) is 0.625. The quantitative estimate of drug-likeness (QED) is 0.0792. The van der Waals surface area contributed by atoms with Crippen LogP contribution < -0.4 is 44.4 Å². The van der Waals surface area contributed by atoms with E-state index in [0.29, 0.717) is 108 Å². The summed E-state index contributed by atoms with van der Waals surface area (Å²) in [4.78, 5) is 134. The van der Waals surface area contributed by atoms with Crippen molar-refractivity contribution in [3.8, 4) is 34.5 Å². The van der Waals surface area contributed by atoms with E-state index in [0.717, 1.165) is 12.8 Å². The van der Waals surface area contributed by atoms with Gasteiger partial charge < -0.3 is 87.7 Å². The van der Waals surface area contributed by atoms with E-state index in [1.807, 2.05) is 46.6 Å². The second-order valence-electron chi connectivity index (χ2n) is 39.7. The molecule has 132 heavy (non-hydrogen) atoms. The molecule has 15 rings (SSSR count). The Hall–Kier alpha value is -8.75. The third-order valence-corrected chi connectivity index (χ3v) is 27.1. The van der Waals surface area contributed by atoms with Crippen LogP contribution in [-0.2, 0) is 116 Å². The molecule has 6 bridgehead atoms. The number of ether oxygens (including phenoxy) is 9. The van der Waals surface area contributed by atoms with Gasteiger partial charge in [-0.05, 0) is 196 Å². The first-order chi connectivity index (χ1) is 60.8. The number of rotatable bonds is 6. The molecule has 18 atom stereocenters. The van der Waals surface area contributed by atoms with Crippen molar-refractivity contribution < 1.29 is 168 Å². The summed E-state index contributed by atoms with van der Waals surface area (Å²) in [6.45, 7) is 23.1. The molecule has 9 aliphatic rings. The molecule has 27 nitrogen and oxygen atoms in total. The molecule has 0 unspecified atom stereocenters. The van der Waals surface area contributed by atoms with Gasteiger partial charge in [0.1, 0.15) is 88.7 Å². The molecule has 6 aromatic rings. The minimum absolute atomic E-state index is 0. The Morgan fingerprint density at radius 2 is 0.727 bits per heavy atom. The van der Waals surface area contributed by atoms with Crippen molar-refractivity contribution >= 4 is 87.6 Å². The summed E-state index contributed by atoms with van der Waals surface area (Å²) < 4.78 is 147. The minimum atomic E-state index is -3.30. The van der Waals surface area contributed by atoms with Crippen LogP contribution in [0.4, 0.5) is 40.7 Å². The fourth-order valence-electron chi connectivity index (χ4n) is 18.9. The van der Waals surface area contributed by atoms with Crippen molar-refractivity contribution in [2.75, 3.05) is 41.0 Å². The molecule has 3 aliphatic carbocycles. The first-order valence-electron chi connectivity index (χ1n) is 44.9. The number of aromatic nitrogens is 3. The van der Waals surface area contributed by atoms with Gasteiger partial charge >= 0.3 is 18.3 Å². The first-order valence-corrected chi connectivity index (χ1v) is 44.9. The zero-order chi connectivity index (χ0) is 93.5. The van der Waals surface area contributed by atoms with Gasteiger partial charge in [-0.3, -0.25) is 14.4 Å². The van der Waals surface area contributed by atoms with E-state index in [9.17, 15) is 43.2 Å². The Balaban J connectivity index is 0.000000203. The third kappa shape index (κ3) is 23.7. The number of benzene rings is 3. The number of amides is 6. The molecule has 6 fully saturated rings. The number of halogens is 6. The van der Waals surface area contributed by atoms with Gasteiger partial charge in [-0.1, -0.05) is 120 Å². The van der Waals surface area contributed by atoms with Crippen LogP contribution in [0.5, 0.6) is 34.5 Å². The Morgan fingerprint density at radius 1 is 0.409 bits per heavy atom. The predicted molar refractivity (Wildman–Crippen MR) is 464 cm³/mol. The monoisotopic (exact) mass is 1950 g/mol. The third-order valence-electron chi connectivity index (χ3n) is 27.1. The van der Waals surface area contributed by atoms with E-state index >= 15 is 26.3 Å². The molecule has 3 aromatic carbocycles. The zero-order valence-electron chi connectivity index (χ0n) is 77.5. The topological polar surface area (TPSA) is 321 Å². The summed E-state index contributed by atoms with van der Waals surface area (Å²) in [5.41, 5.74) is -3.20. The van der Waals surface area contributed by atoms with Crippen molar-refractivity contribution in [3.05, 3.63) is 89.9 Å². The number of nitrogens with zero attached hydrogens (tertiary/aromatic N) is 6. The van der Waals surface area contributed by atoms with Gasteiger partial charge in [0.2, 0.25) is 17.7 Å².